The van der Waals surface area contributed by atoms with Crippen LogP contribution in [0.1, 0.15) is 46.0 Å². The topological polar surface area (TPSA) is 66.4 Å². The molecule has 4 heteroatoms. The molecule has 2 aliphatic rings. The Morgan fingerprint density at radius 3 is 2.19 bits per heavy atom. The third-order valence-electron chi connectivity index (χ3n) is 4.08. The smallest absolute Gasteiger partial charge is 0.319 e. The van der Waals surface area contributed by atoms with E-state index in [1.54, 1.807) is 0 Å². The highest BCUT2D eigenvalue weighted by molar-refractivity contribution is 6.03. The molecular weight excluding hydrogens is 206 g/mol. The molecule has 4 nitrogen and oxygen atoms in total. The standard InChI is InChI=1S/C12H19NO3/c1-11(2,8-4-5-8)13-9(14)12(10(15)16)6-3-7-12/h8H,3-7H2,1-2H3,(H,13,14)(H,15,16). The van der Waals surface area contributed by atoms with E-state index in [0.717, 1.165) is 19.3 Å². The van der Waals surface area contributed by atoms with Crippen LogP contribution in [-0.4, -0.2) is 22.5 Å². The summed E-state index contributed by atoms with van der Waals surface area (Å²) in [6, 6.07) is 0. The first-order chi connectivity index (χ1) is 7.38. The van der Waals surface area contributed by atoms with E-state index in [-0.39, 0.29) is 11.4 Å². The van der Waals surface area contributed by atoms with Gasteiger partial charge in [-0.3, -0.25) is 9.59 Å². The minimum Gasteiger partial charge on any atom is -0.480 e. The maximum Gasteiger partial charge on any atom is 0.319 e. The third kappa shape index (κ3) is 1.70. The van der Waals surface area contributed by atoms with E-state index >= 15 is 0 Å². The summed E-state index contributed by atoms with van der Waals surface area (Å²) in [5.41, 5.74) is -1.39. The summed E-state index contributed by atoms with van der Waals surface area (Å²) in [6.07, 6.45) is 4.06. The molecule has 2 N–H and O–H groups in total. The van der Waals surface area contributed by atoms with E-state index in [4.69, 9.17) is 5.11 Å². The van der Waals surface area contributed by atoms with Gasteiger partial charge in [0.25, 0.3) is 0 Å². The van der Waals surface area contributed by atoms with Crippen molar-refractivity contribution in [2.24, 2.45) is 11.3 Å². The van der Waals surface area contributed by atoms with E-state index in [9.17, 15) is 9.59 Å². The van der Waals surface area contributed by atoms with Crippen LogP contribution in [0.5, 0.6) is 0 Å². The van der Waals surface area contributed by atoms with Crippen molar-refractivity contribution in [2.45, 2.75) is 51.5 Å². The highest BCUT2D eigenvalue weighted by Gasteiger charge is 2.53. The SMILES string of the molecule is CC(C)(NC(=O)C1(C(=O)O)CCC1)C1CC1. The van der Waals surface area contributed by atoms with Crippen molar-refractivity contribution in [2.75, 3.05) is 0 Å². The molecule has 0 aliphatic heterocycles. The van der Waals surface area contributed by atoms with Gasteiger partial charge in [0.15, 0.2) is 0 Å². The highest BCUT2D eigenvalue weighted by atomic mass is 16.4. The van der Waals surface area contributed by atoms with E-state index in [0.29, 0.717) is 18.8 Å². The van der Waals surface area contributed by atoms with Gasteiger partial charge >= 0.3 is 5.97 Å². The first-order valence-electron chi connectivity index (χ1n) is 5.94. The Morgan fingerprint density at radius 2 is 1.88 bits per heavy atom. The van der Waals surface area contributed by atoms with Gasteiger partial charge in [-0.05, 0) is 45.4 Å². The third-order valence-corrected chi connectivity index (χ3v) is 4.08. The van der Waals surface area contributed by atoms with Crippen LogP contribution in [0.4, 0.5) is 0 Å². The normalized spacial score (nSPS) is 23.4. The van der Waals surface area contributed by atoms with Crippen LogP contribution in [0, 0.1) is 11.3 Å². The number of aliphatic carboxylic acids is 1. The molecule has 90 valence electrons. The van der Waals surface area contributed by atoms with Gasteiger partial charge in [0.2, 0.25) is 5.91 Å². The van der Waals surface area contributed by atoms with E-state index in [1.165, 1.54) is 0 Å². The van der Waals surface area contributed by atoms with Crippen LogP contribution in [0.25, 0.3) is 0 Å². The van der Waals surface area contributed by atoms with E-state index < -0.39 is 11.4 Å². The fourth-order valence-corrected chi connectivity index (χ4v) is 2.39. The maximum atomic E-state index is 12.0. The van der Waals surface area contributed by atoms with Crippen LogP contribution in [0.15, 0.2) is 0 Å². The van der Waals surface area contributed by atoms with E-state index in [1.807, 2.05) is 13.8 Å². The molecule has 0 bridgehead atoms. The second-order valence-electron chi connectivity index (χ2n) is 5.69. The van der Waals surface area contributed by atoms with E-state index in [2.05, 4.69) is 5.32 Å². The number of carbonyl (C=O) groups is 2. The number of carbonyl (C=O) groups excluding carboxylic acids is 1. The van der Waals surface area contributed by atoms with Crippen molar-refractivity contribution in [3.05, 3.63) is 0 Å². The molecule has 0 unspecified atom stereocenters. The average molecular weight is 225 g/mol. The lowest BCUT2D eigenvalue weighted by atomic mass is 9.67. The summed E-state index contributed by atoms with van der Waals surface area (Å²) in [6.45, 7) is 3.97. The number of hydrogen-bond donors (Lipinski definition) is 2. The van der Waals surface area contributed by atoms with Crippen LogP contribution >= 0.6 is 0 Å². The molecule has 0 aromatic heterocycles. The molecule has 0 atom stereocenters. The zero-order chi connectivity index (χ0) is 12.0. The number of carboxylic acid groups (broad SMARTS) is 1. The van der Waals surface area contributed by atoms with Crippen LogP contribution < -0.4 is 5.32 Å². The Morgan fingerprint density at radius 1 is 1.31 bits per heavy atom. The Kier molecular flexibility index (Phi) is 2.48. The largest absolute Gasteiger partial charge is 0.480 e. The molecule has 2 fully saturated rings. The van der Waals surface area contributed by atoms with Crippen LogP contribution in [-0.2, 0) is 9.59 Å². The van der Waals surface area contributed by atoms with Crippen molar-refractivity contribution in [3.63, 3.8) is 0 Å². The lowest BCUT2D eigenvalue weighted by Crippen LogP contribution is -2.57. The summed E-state index contributed by atoms with van der Waals surface area (Å²) in [7, 11) is 0. The molecule has 0 aromatic carbocycles. The first kappa shape index (κ1) is 11.4. The Labute approximate surface area is 95.4 Å². The van der Waals surface area contributed by atoms with Crippen LogP contribution in [0.2, 0.25) is 0 Å². The second kappa shape index (κ2) is 3.47. The van der Waals surface area contributed by atoms with Gasteiger partial charge in [0, 0.05) is 5.54 Å². The predicted octanol–water partition coefficient (Wildman–Crippen LogP) is 1.55. The van der Waals surface area contributed by atoms with Gasteiger partial charge in [-0.25, -0.2) is 0 Å². The molecule has 0 saturated heterocycles. The molecule has 0 radical (unpaired) electrons. The van der Waals surface area contributed by atoms with Gasteiger partial charge in [-0.2, -0.15) is 0 Å². The molecule has 2 saturated carbocycles. The van der Waals surface area contributed by atoms with Crippen molar-refractivity contribution in [1.82, 2.24) is 5.32 Å². The van der Waals surface area contributed by atoms with Gasteiger partial charge in [0.1, 0.15) is 5.41 Å². The Balaban J connectivity index is 2.04. The van der Waals surface area contributed by atoms with Gasteiger partial charge in [-0.15, -0.1) is 0 Å². The van der Waals surface area contributed by atoms with Crippen LogP contribution in [0.3, 0.4) is 0 Å². The van der Waals surface area contributed by atoms with Gasteiger partial charge in [-0.1, -0.05) is 6.42 Å². The quantitative estimate of drug-likeness (QED) is 0.713. The molecule has 2 aliphatic carbocycles. The molecule has 0 heterocycles. The number of nitrogens with one attached hydrogen (secondary N) is 1. The number of carboxylic acids is 1. The summed E-state index contributed by atoms with van der Waals surface area (Å²) in [5.74, 6) is -0.742. The molecule has 1 amide bonds. The monoisotopic (exact) mass is 225 g/mol. The van der Waals surface area contributed by atoms with Crippen molar-refractivity contribution >= 4 is 11.9 Å². The molecular formula is C12H19NO3. The Hall–Kier alpha value is -1.06. The van der Waals surface area contributed by atoms with Crippen molar-refractivity contribution in [1.29, 1.82) is 0 Å². The van der Waals surface area contributed by atoms with Crippen molar-refractivity contribution in [3.8, 4) is 0 Å². The maximum absolute atomic E-state index is 12.0. The lowest BCUT2D eigenvalue weighted by molar-refractivity contribution is -0.162. The average Bonchev–Trinajstić information content (AvgIpc) is 2.79. The summed E-state index contributed by atoms with van der Waals surface area (Å²) < 4.78 is 0. The Bertz CT molecular complexity index is 327. The highest BCUT2D eigenvalue weighted by Crippen LogP contribution is 2.44. The second-order valence-corrected chi connectivity index (χ2v) is 5.69. The fourth-order valence-electron chi connectivity index (χ4n) is 2.39. The molecule has 16 heavy (non-hydrogen) atoms. The molecule has 0 spiro atoms. The zero-order valence-electron chi connectivity index (χ0n) is 9.88. The number of rotatable bonds is 4. The minimum absolute atomic E-state index is 0.255. The fraction of sp³-hybridized carbons (Fsp3) is 0.833. The lowest BCUT2D eigenvalue weighted by Gasteiger charge is -2.39. The number of hydrogen-bond acceptors (Lipinski definition) is 2. The van der Waals surface area contributed by atoms with Gasteiger partial charge < -0.3 is 10.4 Å². The molecule has 2 rings (SSSR count). The zero-order valence-corrected chi connectivity index (χ0v) is 9.88. The van der Waals surface area contributed by atoms with Crippen molar-refractivity contribution < 1.29 is 14.7 Å². The summed E-state index contributed by atoms with van der Waals surface area (Å²) >= 11 is 0. The number of amides is 1. The first-order valence-corrected chi connectivity index (χ1v) is 5.94. The molecule has 0 aromatic rings. The predicted molar refractivity (Wildman–Crippen MR) is 58.9 cm³/mol. The minimum atomic E-state index is -1.13. The summed E-state index contributed by atoms with van der Waals surface area (Å²) in [4.78, 5) is 23.2. The van der Waals surface area contributed by atoms with Gasteiger partial charge in [0.05, 0.1) is 0 Å². The summed E-state index contributed by atoms with van der Waals surface area (Å²) in [5, 5.41) is 12.1.